The zero-order chi connectivity index (χ0) is 12.4. The van der Waals surface area contributed by atoms with Crippen molar-refractivity contribution < 1.29 is 14.4 Å². The molecule has 0 fully saturated rings. The molecule has 17 heavy (non-hydrogen) atoms. The smallest absolute Gasteiger partial charge is 0.261 e. The van der Waals surface area contributed by atoms with Gasteiger partial charge in [-0.15, -0.1) is 0 Å². The van der Waals surface area contributed by atoms with E-state index in [2.05, 4.69) is 6.92 Å². The molecule has 0 aromatic heterocycles. The third-order valence-corrected chi connectivity index (χ3v) is 3.08. The monoisotopic (exact) mass is 233 g/mol. The van der Waals surface area contributed by atoms with Crippen molar-refractivity contribution >= 4 is 17.6 Å². The molecule has 0 atom stereocenters. The fraction of sp³-hybridized carbons (Fsp3) is 0.462. The topological polar surface area (TPSA) is 54.5 Å². The lowest BCUT2D eigenvalue weighted by atomic mass is 9.99. The van der Waals surface area contributed by atoms with Gasteiger partial charge in [0, 0.05) is 24.1 Å². The molecule has 2 aliphatic rings. The molecule has 0 radical (unpaired) electrons. The lowest BCUT2D eigenvalue weighted by Gasteiger charge is -2.14. The maximum Gasteiger partial charge on any atom is 0.261 e. The highest BCUT2D eigenvalue weighted by Gasteiger charge is 2.38. The number of carbonyl (C=O) groups excluding carboxylic acids is 3. The predicted molar refractivity (Wildman–Crippen MR) is 62.0 cm³/mol. The Hall–Kier alpha value is -1.71. The highest BCUT2D eigenvalue weighted by Crippen LogP contribution is 2.27. The van der Waals surface area contributed by atoms with Crippen LogP contribution in [-0.2, 0) is 14.4 Å². The van der Waals surface area contributed by atoms with Gasteiger partial charge in [0.05, 0.1) is 0 Å². The van der Waals surface area contributed by atoms with Crippen LogP contribution in [0.5, 0.6) is 0 Å². The van der Waals surface area contributed by atoms with Crippen LogP contribution in [0.25, 0.3) is 0 Å². The Labute approximate surface area is 100.0 Å². The fourth-order valence-corrected chi connectivity index (χ4v) is 2.12. The standard InChI is InChI=1S/C13H15NO3/c1-2-3-4-7-14-12(16)10-6-5-9(15)8-11(10)13(14)17/h5-6H,2-4,7-8H2,1H3. The minimum absolute atomic E-state index is 0.0701. The molecule has 0 bridgehead atoms. The number of hydrogen-bond acceptors (Lipinski definition) is 3. The van der Waals surface area contributed by atoms with E-state index in [1.807, 2.05) is 0 Å². The van der Waals surface area contributed by atoms with E-state index in [1.165, 1.54) is 17.1 Å². The summed E-state index contributed by atoms with van der Waals surface area (Å²) in [5.41, 5.74) is 0.782. The second-order valence-electron chi connectivity index (χ2n) is 4.34. The molecule has 4 nitrogen and oxygen atoms in total. The van der Waals surface area contributed by atoms with Crippen LogP contribution in [0.2, 0.25) is 0 Å². The average molecular weight is 233 g/mol. The van der Waals surface area contributed by atoms with E-state index >= 15 is 0 Å². The molecule has 1 aliphatic heterocycles. The molecule has 1 heterocycles. The zero-order valence-corrected chi connectivity index (χ0v) is 9.86. The quantitative estimate of drug-likeness (QED) is 0.544. The van der Waals surface area contributed by atoms with Crippen LogP contribution in [0.15, 0.2) is 23.3 Å². The van der Waals surface area contributed by atoms with Crippen LogP contribution in [0.4, 0.5) is 0 Å². The molecule has 0 N–H and O–H groups in total. The predicted octanol–water partition coefficient (Wildman–Crippen LogP) is 1.37. The Morgan fingerprint density at radius 1 is 1.12 bits per heavy atom. The molecule has 0 saturated heterocycles. The van der Waals surface area contributed by atoms with Crippen molar-refractivity contribution in [3.8, 4) is 0 Å². The van der Waals surface area contributed by atoms with Gasteiger partial charge in [-0.05, 0) is 18.6 Å². The van der Waals surface area contributed by atoms with Crippen LogP contribution >= 0.6 is 0 Å². The molecular formula is C13H15NO3. The van der Waals surface area contributed by atoms with Crippen LogP contribution in [-0.4, -0.2) is 29.0 Å². The van der Waals surface area contributed by atoms with Gasteiger partial charge in [-0.2, -0.15) is 0 Å². The van der Waals surface area contributed by atoms with Crippen LogP contribution in [0, 0.1) is 0 Å². The SMILES string of the molecule is CCCCCN1C(=O)C2=C(CC(=O)C=C2)C1=O. The summed E-state index contributed by atoms with van der Waals surface area (Å²) >= 11 is 0. The number of nitrogens with zero attached hydrogens (tertiary/aromatic N) is 1. The molecular weight excluding hydrogens is 218 g/mol. The van der Waals surface area contributed by atoms with E-state index in [9.17, 15) is 14.4 Å². The normalized spacial score (nSPS) is 19.4. The van der Waals surface area contributed by atoms with Crippen molar-refractivity contribution in [2.24, 2.45) is 0 Å². The van der Waals surface area contributed by atoms with Gasteiger partial charge in [-0.1, -0.05) is 19.8 Å². The minimum Gasteiger partial charge on any atom is -0.294 e. The van der Waals surface area contributed by atoms with Gasteiger partial charge >= 0.3 is 0 Å². The van der Waals surface area contributed by atoms with Gasteiger partial charge in [0.25, 0.3) is 11.8 Å². The highest BCUT2D eigenvalue weighted by molar-refractivity contribution is 6.24. The molecule has 2 rings (SSSR count). The fourth-order valence-electron chi connectivity index (χ4n) is 2.12. The van der Waals surface area contributed by atoms with Crippen LogP contribution in [0.1, 0.15) is 32.6 Å². The third kappa shape index (κ3) is 2.07. The summed E-state index contributed by atoms with van der Waals surface area (Å²) in [7, 11) is 0. The molecule has 90 valence electrons. The van der Waals surface area contributed by atoms with Crippen molar-refractivity contribution in [3.63, 3.8) is 0 Å². The number of hydrogen-bond donors (Lipinski definition) is 0. The molecule has 0 unspecified atom stereocenters. The lowest BCUT2D eigenvalue weighted by molar-refractivity contribution is -0.137. The van der Waals surface area contributed by atoms with Gasteiger partial charge in [0.2, 0.25) is 0 Å². The second kappa shape index (κ2) is 4.65. The van der Waals surface area contributed by atoms with Crippen LogP contribution < -0.4 is 0 Å². The average Bonchev–Trinajstić information content (AvgIpc) is 2.54. The van der Waals surface area contributed by atoms with E-state index in [4.69, 9.17) is 0 Å². The van der Waals surface area contributed by atoms with Crippen molar-refractivity contribution in [1.82, 2.24) is 4.90 Å². The van der Waals surface area contributed by atoms with Gasteiger partial charge in [0.15, 0.2) is 5.78 Å². The summed E-state index contributed by atoms with van der Waals surface area (Å²) in [6, 6.07) is 0. The Kier molecular flexibility index (Phi) is 3.22. The van der Waals surface area contributed by atoms with Gasteiger partial charge < -0.3 is 0 Å². The number of allylic oxidation sites excluding steroid dienone is 1. The summed E-state index contributed by atoms with van der Waals surface area (Å²) in [4.78, 5) is 36.4. The number of ketones is 1. The van der Waals surface area contributed by atoms with Crippen molar-refractivity contribution in [2.45, 2.75) is 32.6 Å². The van der Waals surface area contributed by atoms with Gasteiger partial charge in [0.1, 0.15) is 0 Å². The van der Waals surface area contributed by atoms with E-state index in [1.54, 1.807) is 0 Å². The van der Waals surface area contributed by atoms with Crippen molar-refractivity contribution in [1.29, 1.82) is 0 Å². The van der Waals surface area contributed by atoms with E-state index in [0.717, 1.165) is 19.3 Å². The number of unbranched alkanes of at least 4 members (excludes halogenated alkanes) is 2. The summed E-state index contributed by atoms with van der Waals surface area (Å²) in [6.07, 6.45) is 5.78. The molecule has 0 saturated carbocycles. The molecule has 1 aliphatic carbocycles. The maximum absolute atomic E-state index is 12.0. The Morgan fingerprint density at radius 3 is 2.59 bits per heavy atom. The second-order valence-corrected chi connectivity index (χ2v) is 4.34. The first-order valence-corrected chi connectivity index (χ1v) is 5.95. The largest absolute Gasteiger partial charge is 0.294 e. The number of carbonyl (C=O) groups is 3. The van der Waals surface area contributed by atoms with E-state index < -0.39 is 0 Å². The Morgan fingerprint density at radius 2 is 1.88 bits per heavy atom. The minimum atomic E-state index is -0.279. The van der Waals surface area contributed by atoms with Gasteiger partial charge in [-0.3, -0.25) is 19.3 Å². The molecule has 0 aromatic rings. The first kappa shape index (κ1) is 11.8. The summed E-state index contributed by atoms with van der Waals surface area (Å²) < 4.78 is 0. The molecule has 0 spiro atoms. The first-order valence-electron chi connectivity index (χ1n) is 5.95. The number of imide groups is 1. The zero-order valence-electron chi connectivity index (χ0n) is 9.86. The van der Waals surface area contributed by atoms with E-state index in [0.29, 0.717) is 17.7 Å². The number of amides is 2. The van der Waals surface area contributed by atoms with Crippen LogP contribution in [0.3, 0.4) is 0 Å². The summed E-state index contributed by atoms with van der Waals surface area (Å²) in [5, 5.41) is 0. The molecule has 4 heteroatoms. The van der Waals surface area contributed by atoms with E-state index in [-0.39, 0.29) is 24.0 Å². The Bertz CT molecular complexity index is 446. The van der Waals surface area contributed by atoms with Crippen molar-refractivity contribution in [2.75, 3.05) is 6.54 Å². The van der Waals surface area contributed by atoms with Gasteiger partial charge in [-0.25, -0.2) is 0 Å². The van der Waals surface area contributed by atoms with Crippen molar-refractivity contribution in [3.05, 3.63) is 23.3 Å². The Balaban J connectivity index is 2.11. The molecule has 0 aromatic carbocycles. The molecule has 2 amide bonds. The maximum atomic E-state index is 12.0. The lowest BCUT2D eigenvalue weighted by Crippen LogP contribution is -2.32. The first-order chi connectivity index (χ1) is 8.15. The summed E-state index contributed by atoms with van der Waals surface area (Å²) in [6.45, 7) is 2.53. The number of rotatable bonds is 4. The third-order valence-electron chi connectivity index (χ3n) is 3.08. The summed E-state index contributed by atoms with van der Waals surface area (Å²) in [5.74, 6) is -0.635. The highest BCUT2D eigenvalue weighted by atomic mass is 16.2.